The second kappa shape index (κ2) is 9.92. The molecule has 0 amide bonds. The fourth-order valence-electron chi connectivity index (χ4n) is 7.15. The number of rotatable bonds is 5. The fourth-order valence-corrected chi connectivity index (χ4v) is 7.33. The Balaban J connectivity index is 1.55. The summed E-state index contributed by atoms with van der Waals surface area (Å²) in [5, 5.41) is 0.508. The minimum atomic E-state index is -1.68. The predicted molar refractivity (Wildman–Crippen MR) is 161 cm³/mol. The second-order valence-electron chi connectivity index (χ2n) is 10.9. The molecule has 8 heteroatoms. The van der Waals surface area contributed by atoms with Crippen LogP contribution in [-0.2, 0) is 0 Å². The Hall–Kier alpha value is -4.75. The van der Waals surface area contributed by atoms with E-state index in [4.69, 9.17) is 21.1 Å². The number of ketones is 3. The molecular formula is C35H25ClFNO5. The number of halogens is 2. The molecule has 1 aliphatic carbocycles. The highest BCUT2D eigenvalue weighted by molar-refractivity contribution is 6.32. The zero-order chi connectivity index (χ0) is 30.0. The van der Waals surface area contributed by atoms with Crippen molar-refractivity contribution >= 4 is 40.7 Å². The molecule has 4 aromatic rings. The van der Waals surface area contributed by atoms with Crippen LogP contribution in [0.1, 0.15) is 48.1 Å². The Labute approximate surface area is 252 Å². The summed E-state index contributed by atoms with van der Waals surface area (Å²) in [6, 6.07) is 20.8. The lowest BCUT2D eigenvalue weighted by atomic mass is 9.64. The summed E-state index contributed by atoms with van der Waals surface area (Å²) in [7, 11) is 3.02. The van der Waals surface area contributed by atoms with Gasteiger partial charge < -0.3 is 14.4 Å². The molecule has 1 saturated heterocycles. The number of nitrogens with zero attached hydrogens (tertiary/aromatic N) is 1. The SMILES string of the molecule is COc1ccc([C@H]2[C@@H](C(=O)c3ccc(F)cc3)N3c4ccc(Cl)cc4C=C[C@@H]3C23C(=O)c2ccccc2C3=O)cc1OC. The van der Waals surface area contributed by atoms with Crippen molar-refractivity contribution in [3.05, 3.63) is 130 Å². The molecular weight excluding hydrogens is 569 g/mol. The van der Waals surface area contributed by atoms with Crippen LogP contribution in [0.15, 0.2) is 91.0 Å². The van der Waals surface area contributed by atoms with Crippen LogP contribution in [0.3, 0.4) is 0 Å². The lowest BCUT2D eigenvalue weighted by molar-refractivity contribution is 0.0665. The van der Waals surface area contributed by atoms with Gasteiger partial charge in [-0.05, 0) is 65.7 Å². The van der Waals surface area contributed by atoms with E-state index in [-0.39, 0.29) is 22.9 Å². The van der Waals surface area contributed by atoms with Crippen LogP contribution >= 0.6 is 11.6 Å². The number of hydrogen-bond donors (Lipinski definition) is 0. The van der Waals surface area contributed by atoms with Gasteiger partial charge in [0.2, 0.25) is 0 Å². The molecule has 0 unspecified atom stereocenters. The van der Waals surface area contributed by atoms with E-state index < -0.39 is 29.2 Å². The van der Waals surface area contributed by atoms with Crippen LogP contribution in [0.4, 0.5) is 10.1 Å². The third-order valence-electron chi connectivity index (χ3n) is 8.93. The monoisotopic (exact) mass is 593 g/mol. The van der Waals surface area contributed by atoms with Gasteiger partial charge in [0.1, 0.15) is 17.3 Å². The Bertz CT molecular complexity index is 1830. The van der Waals surface area contributed by atoms with Crippen LogP contribution in [0.25, 0.3) is 6.08 Å². The van der Waals surface area contributed by atoms with Crippen molar-refractivity contribution in [3.8, 4) is 11.5 Å². The molecule has 1 spiro atoms. The van der Waals surface area contributed by atoms with Crippen molar-refractivity contribution in [3.63, 3.8) is 0 Å². The van der Waals surface area contributed by atoms with Crippen LogP contribution in [-0.4, -0.2) is 43.7 Å². The molecule has 0 bridgehead atoms. The standard InChI is InChI=1S/C35H25ClFNO5/c1-42-27-15-9-21(18-28(27)43-2)30-31(32(39)19-7-12-23(37)13-8-19)38-26-14-11-22(36)17-20(26)10-16-29(38)35(30)33(40)24-5-3-4-6-25(24)34(35)41/h3-18,29-31H,1-2H3/t29-,30+,31+/m1/s1. The molecule has 3 aliphatic rings. The summed E-state index contributed by atoms with van der Waals surface area (Å²) >= 11 is 6.35. The fraction of sp³-hybridized carbons (Fsp3) is 0.171. The molecule has 43 heavy (non-hydrogen) atoms. The first-order valence-corrected chi connectivity index (χ1v) is 14.2. The van der Waals surface area contributed by atoms with Gasteiger partial charge in [-0.25, -0.2) is 4.39 Å². The summed E-state index contributed by atoms with van der Waals surface area (Å²) in [5.74, 6) is -1.62. The van der Waals surface area contributed by atoms with E-state index in [0.717, 1.165) is 5.56 Å². The van der Waals surface area contributed by atoms with Gasteiger partial charge in [0, 0.05) is 33.3 Å². The minimum absolute atomic E-state index is 0.258. The molecule has 0 N–H and O–H groups in total. The minimum Gasteiger partial charge on any atom is -0.493 e. The first kappa shape index (κ1) is 27.1. The number of anilines is 1. The molecule has 0 saturated carbocycles. The first-order valence-electron chi connectivity index (χ1n) is 13.8. The molecule has 4 aromatic carbocycles. The van der Waals surface area contributed by atoms with Crippen molar-refractivity contribution < 1.29 is 28.2 Å². The first-order chi connectivity index (χ1) is 20.8. The highest BCUT2D eigenvalue weighted by atomic mass is 35.5. The van der Waals surface area contributed by atoms with Crippen LogP contribution in [0, 0.1) is 11.2 Å². The summed E-state index contributed by atoms with van der Waals surface area (Å²) < 4.78 is 25.1. The van der Waals surface area contributed by atoms with Gasteiger partial charge in [0.15, 0.2) is 28.8 Å². The summed E-state index contributed by atoms with van der Waals surface area (Å²) in [4.78, 5) is 46.0. The van der Waals surface area contributed by atoms with E-state index in [1.54, 1.807) is 60.7 Å². The zero-order valence-electron chi connectivity index (χ0n) is 23.2. The van der Waals surface area contributed by atoms with Crippen molar-refractivity contribution in [2.45, 2.75) is 18.0 Å². The largest absolute Gasteiger partial charge is 0.493 e. The Morgan fingerprint density at radius 2 is 1.53 bits per heavy atom. The van der Waals surface area contributed by atoms with Crippen LogP contribution in [0.5, 0.6) is 11.5 Å². The molecule has 1 fully saturated rings. The summed E-state index contributed by atoms with van der Waals surface area (Å²) in [5.41, 5.74) is 1.19. The van der Waals surface area contributed by atoms with Crippen LogP contribution < -0.4 is 14.4 Å². The van der Waals surface area contributed by atoms with Crippen molar-refractivity contribution in [1.29, 1.82) is 0 Å². The topological polar surface area (TPSA) is 72.9 Å². The highest BCUT2D eigenvalue weighted by Gasteiger charge is 2.71. The average molecular weight is 594 g/mol. The lowest BCUT2D eigenvalue weighted by Crippen LogP contribution is -2.48. The maximum Gasteiger partial charge on any atom is 0.185 e. The molecule has 214 valence electrons. The summed E-state index contributed by atoms with van der Waals surface area (Å²) in [6.45, 7) is 0. The smallest absolute Gasteiger partial charge is 0.185 e. The molecule has 7 rings (SSSR count). The van der Waals surface area contributed by atoms with E-state index in [2.05, 4.69) is 0 Å². The van der Waals surface area contributed by atoms with Gasteiger partial charge in [0.25, 0.3) is 0 Å². The number of ether oxygens (including phenoxy) is 2. The molecule has 2 aliphatic heterocycles. The number of Topliss-reactive ketones (excluding diaryl/α,β-unsaturated/α-hetero) is 3. The van der Waals surface area contributed by atoms with E-state index in [1.165, 1.54) is 38.5 Å². The molecule has 6 nitrogen and oxygen atoms in total. The number of methoxy groups -OCH3 is 2. The van der Waals surface area contributed by atoms with Gasteiger partial charge in [-0.2, -0.15) is 0 Å². The van der Waals surface area contributed by atoms with Gasteiger partial charge in [0.05, 0.1) is 20.3 Å². The van der Waals surface area contributed by atoms with Gasteiger partial charge in [-0.15, -0.1) is 0 Å². The maximum atomic E-state index is 14.7. The molecule has 3 atom stereocenters. The Morgan fingerprint density at radius 1 is 0.860 bits per heavy atom. The number of fused-ring (bicyclic) bond motifs is 5. The van der Waals surface area contributed by atoms with Crippen molar-refractivity contribution in [2.24, 2.45) is 5.41 Å². The average Bonchev–Trinajstić information content (AvgIpc) is 3.46. The predicted octanol–water partition coefficient (Wildman–Crippen LogP) is 6.81. The number of hydrogen-bond acceptors (Lipinski definition) is 6. The van der Waals surface area contributed by atoms with E-state index >= 15 is 0 Å². The normalized spacial score (nSPS) is 21.0. The summed E-state index contributed by atoms with van der Waals surface area (Å²) in [6.07, 6.45) is 3.68. The maximum absolute atomic E-state index is 14.7. The van der Waals surface area contributed by atoms with Crippen molar-refractivity contribution in [1.82, 2.24) is 0 Å². The third-order valence-corrected chi connectivity index (χ3v) is 9.16. The zero-order valence-corrected chi connectivity index (χ0v) is 24.0. The quantitative estimate of drug-likeness (QED) is 0.187. The number of benzene rings is 4. The van der Waals surface area contributed by atoms with Crippen molar-refractivity contribution in [2.75, 3.05) is 19.1 Å². The molecule has 2 heterocycles. The molecule has 0 aromatic heterocycles. The van der Waals surface area contributed by atoms with E-state index in [1.807, 2.05) is 17.1 Å². The van der Waals surface area contributed by atoms with E-state index in [0.29, 0.717) is 38.9 Å². The van der Waals surface area contributed by atoms with Gasteiger partial charge in [-0.1, -0.05) is 54.1 Å². The number of carbonyl (C=O) groups is 3. The van der Waals surface area contributed by atoms with Gasteiger partial charge >= 0.3 is 0 Å². The Morgan fingerprint density at radius 3 is 2.19 bits per heavy atom. The lowest BCUT2D eigenvalue weighted by Gasteiger charge is -2.37. The van der Waals surface area contributed by atoms with Crippen LogP contribution in [0.2, 0.25) is 5.02 Å². The number of carbonyl (C=O) groups excluding carboxylic acids is 3. The van der Waals surface area contributed by atoms with E-state index in [9.17, 15) is 18.8 Å². The third kappa shape index (κ3) is 3.74. The Kier molecular flexibility index (Phi) is 6.25. The van der Waals surface area contributed by atoms with Gasteiger partial charge in [-0.3, -0.25) is 14.4 Å². The second-order valence-corrected chi connectivity index (χ2v) is 11.3. The highest BCUT2D eigenvalue weighted by Crippen LogP contribution is 2.61. The molecule has 0 radical (unpaired) electrons.